The molecule has 70 valence electrons. The SMILES string of the molecule is O=C(O)c1cnc(NC2CCC2)o1. The van der Waals surface area contributed by atoms with Crippen LogP contribution in [0.5, 0.6) is 0 Å². The molecular formula is C8H10N2O3. The summed E-state index contributed by atoms with van der Waals surface area (Å²) in [5, 5.41) is 11.6. The smallest absolute Gasteiger partial charge is 0.373 e. The minimum Gasteiger partial charge on any atom is -0.475 e. The van der Waals surface area contributed by atoms with Crippen molar-refractivity contribution in [3.63, 3.8) is 0 Å². The Hall–Kier alpha value is -1.52. The summed E-state index contributed by atoms with van der Waals surface area (Å²) in [5.41, 5.74) is 0. The molecule has 1 aromatic heterocycles. The van der Waals surface area contributed by atoms with Crippen LogP contribution in [-0.4, -0.2) is 22.1 Å². The molecule has 0 saturated heterocycles. The monoisotopic (exact) mass is 182 g/mol. The zero-order valence-electron chi connectivity index (χ0n) is 6.99. The van der Waals surface area contributed by atoms with Crippen LogP contribution in [0.25, 0.3) is 0 Å². The number of nitrogens with one attached hydrogen (secondary N) is 1. The van der Waals surface area contributed by atoms with E-state index in [4.69, 9.17) is 9.52 Å². The quantitative estimate of drug-likeness (QED) is 0.737. The van der Waals surface area contributed by atoms with Gasteiger partial charge in [-0.15, -0.1) is 0 Å². The number of hydrogen-bond acceptors (Lipinski definition) is 4. The van der Waals surface area contributed by atoms with E-state index in [-0.39, 0.29) is 5.76 Å². The lowest BCUT2D eigenvalue weighted by atomic mass is 9.93. The van der Waals surface area contributed by atoms with E-state index in [0.29, 0.717) is 12.1 Å². The summed E-state index contributed by atoms with van der Waals surface area (Å²) in [6.45, 7) is 0. The predicted molar refractivity (Wildman–Crippen MR) is 44.7 cm³/mol. The van der Waals surface area contributed by atoms with Gasteiger partial charge in [0.25, 0.3) is 6.01 Å². The van der Waals surface area contributed by atoms with Crippen molar-refractivity contribution in [3.05, 3.63) is 12.0 Å². The Morgan fingerprint density at radius 3 is 2.92 bits per heavy atom. The van der Waals surface area contributed by atoms with Crippen LogP contribution in [-0.2, 0) is 0 Å². The number of hydrogen-bond donors (Lipinski definition) is 2. The van der Waals surface area contributed by atoms with Gasteiger partial charge in [-0.1, -0.05) is 0 Å². The van der Waals surface area contributed by atoms with E-state index >= 15 is 0 Å². The molecule has 0 amide bonds. The molecule has 5 nitrogen and oxygen atoms in total. The number of carbonyl (C=O) groups is 1. The van der Waals surface area contributed by atoms with Gasteiger partial charge in [0.15, 0.2) is 0 Å². The zero-order chi connectivity index (χ0) is 9.26. The van der Waals surface area contributed by atoms with Gasteiger partial charge in [-0.25, -0.2) is 9.78 Å². The first kappa shape index (κ1) is 8.10. The molecule has 1 fully saturated rings. The van der Waals surface area contributed by atoms with Crippen LogP contribution in [0.3, 0.4) is 0 Å². The fourth-order valence-electron chi connectivity index (χ4n) is 1.17. The molecule has 1 saturated carbocycles. The fraction of sp³-hybridized carbons (Fsp3) is 0.500. The number of anilines is 1. The first-order valence-corrected chi connectivity index (χ1v) is 4.21. The topological polar surface area (TPSA) is 75.4 Å². The molecule has 1 heterocycles. The summed E-state index contributed by atoms with van der Waals surface area (Å²) in [5.74, 6) is -1.21. The molecular weight excluding hydrogens is 172 g/mol. The summed E-state index contributed by atoms with van der Waals surface area (Å²) in [4.78, 5) is 14.2. The van der Waals surface area contributed by atoms with Crippen LogP contribution in [0.4, 0.5) is 6.01 Å². The van der Waals surface area contributed by atoms with Crippen molar-refractivity contribution >= 4 is 12.0 Å². The summed E-state index contributed by atoms with van der Waals surface area (Å²) >= 11 is 0. The maximum absolute atomic E-state index is 10.4. The normalized spacial score (nSPS) is 16.6. The van der Waals surface area contributed by atoms with Gasteiger partial charge in [0.1, 0.15) is 0 Å². The van der Waals surface area contributed by atoms with Crippen molar-refractivity contribution < 1.29 is 14.3 Å². The van der Waals surface area contributed by atoms with Crippen LogP contribution in [0.15, 0.2) is 10.6 Å². The molecule has 0 aliphatic heterocycles. The molecule has 0 unspecified atom stereocenters. The van der Waals surface area contributed by atoms with E-state index in [1.165, 1.54) is 12.6 Å². The summed E-state index contributed by atoms with van der Waals surface area (Å²) in [6.07, 6.45) is 4.63. The van der Waals surface area contributed by atoms with E-state index < -0.39 is 5.97 Å². The van der Waals surface area contributed by atoms with Crippen molar-refractivity contribution in [3.8, 4) is 0 Å². The summed E-state index contributed by atoms with van der Waals surface area (Å²) in [7, 11) is 0. The minimum absolute atomic E-state index is 0.123. The highest BCUT2D eigenvalue weighted by molar-refractivity contribution is 5.84. The molecule has 2 N–H and O–H groups in total. The molecule has 0 spiro atoms. The predicted octanol–water partition coefficient (Wildman–Crippen LogP) is 1.34. The van der Waals surface area contributed by atoms with Crippen LogP contribution < -0.4 is 5.32 Å². The van der Waals surface area contributed by atoms with Gasteiger partial charge in [0.05, 0.1) is 6.20 Å². The number of rotatable bonds is 3. The second-order valence-corrected chi connectivity index (χ2v) is 3.11. The number of aromatic nitrogens is 1. The van der Waals surface area contributed by atoms with Gasteiger partial charge in [-0.3, -0.25) is 0 Å². The standard InChI is InChI=1S/C8H10N2O3/c11-7(12)6-4-9-8(13-6)10-5-2-1-3-5/h4-5H,1-3H2,(H,9,10)(H,11,12). The zero-order valence-corrected chi connectivity index (χ0v) is 6.99. The van der Waals surface area contributed by atoms with E-state index in [1.807, 2.05) is 0 Å². The number of aromatic carboxylic acids is 1. The number of nitrogens with zero attached hydrogens (tertiary/aromatic N) is 1. The molecule has 1 aliphatic carbocycles. The van der Waals surface area contributed by atoms with Crippen LogP contribution >= 0.6 is 0 Å². The van der Waals surface area contributed by atoms with E-state index in [1.54, 1.807) is 0 Å². The van der Waals surface area contributed by atoms with Crippen LogP contribution in [0, 0.1) is 0 Å². The molecule has 13 heavy (non-hydrogen) atoms. The third kappa shape index (κ3) is 1.63. The van der Waals surface area contributed by atoms with Gasteiger partial charge < -0.3 is 14.8 Å². The Kier molecular flexibility index (Phi) is 1.92. The number of carboxylic acids is 1. The highest BCUT2D eigenvalue weighted by Crippen LogP contribution is 2.22. The maximum atomic E-state index is 10.4. The van der Waals surface area contributed by atoms with Gasteiger partial charge in [0, 0.05) is 6.04 Å². The fourth-order valence-corrected chi connectivity index (χ4v) is 1.17. The average molecular weight is 182 g/mol. The molecule has 0 aromatic carbocycles. The Bertz CT molecular complexity index is 317. The highest BCUT2D eigenvalue weighted by atomic mass is 16.4. The van der Waals surface area contributed by atoms with Gasteiger partial charge in [-0.2, -0.15) is 0 Å². The van der Waals surface area contributed by atoms with Gasteiger partial charge in [0.2, 0.25) is 5.76 Å². The lowest BCUT2D eigenvalue weighted by Gasteiger charge is -2.25. The lowest BCUT2D eigenvalue weighted by molar-refractivity contribution is 0.0663. The summed E-state index contributed by atoms with van der Waals surface area (Å²) in [6, 6.07) is 0.711. The second-order valence-electron chi connectivity index (χ2n) is 3.11. The van der Waals surface area contributed by atoms with Crippen LogP contribution in [0.2, 0.25) is 0 Å². The van der Waals surface area contributed by atoms with Gasteiger partial charge >= 0.3 is 5.97 Å². The molecule has 0 radical (unpaired) electrons. The van der Waals surface area contributed by atoms with E-state index in [0.717, 1.165) is 12.8 Å². The second kappa shape index (κ2) is 3.08. The average Bonchev–Trinajstić information content (AvgIpc) is 2.44. The minimum atomic E-state index is -1.09. The van der Waals surface area contributed by atoms with Crippen molar-refractivity contribution in [2.45, 2.75) is 25.3 Å². The van der Waals surface area contributed by atoms with Crippen molar-refractivity contribution in [1.82, 2.24) is 4.98 Å². The number of oxazole rings is 1. The molecule has 1 aliphatic rings. The third-order valence-electron chi connectivity index (χ3n) is 2.15. The third-order valence-corrected chi connectivity index (χ3v) is 2.15. The lowest BCUT2D eigenvalue weighted by Crippen LogP contribution is -2.27. The Labute approximate surface area is 74.8 Å². The summed E-state index contributed by atoms with van der Waals surface area (Å²) < 4.78 is 4.93. The Balaban J connectivity index is 2.00. The largest absolute Gasteiger partial charge is 0.475 e. The molecule has 1 aromatic rings. The van der Waals surface area contributed by atoms with Crippen LogP contribution in [0.1, 0.15) is 29.8 Å². The number of carboxylic acid groups (broad SMARTS) is 1. The van der Waals surface area contributed by atoms with E-state index in [9.17, 15) is 4.79 Å². The molecule has 0 atom stereocenters. The Morgan fingerprint density at radius 1 is 1.69 bits per heavy atom. The molecule has 0 bridgehead atoms. The van der Waals surface area contributed by atoms with Crippen molar-refractivity contribution in [2.24, 2.45) is 0 Å². The van der Waals surface area contributed by atoms with Crippen molar-refractivity contribution in [1.29, 1.82) is 0 Å². The Morgan fingerprint density at radius 2 is 2.46 bits per heavy atom. The first-order valence-electron chi connectivity index (χ1n) is 4.21. The molecule has 5 heteroatoms. The maximum Gasteiger partial charge on any atom is 0.373 e. The first-order chi connectivity index (χ1) is 6.25. The highest BCUT2D eigenvalue weighted by Gasteiger charge is 2.19. The van der Waals surface area contributed by atoms with E-state index in [2.05, 4.69) is 10.3 Å². The van der Waals surface area contributed by atoms with Gasteiger partial charge in [-0.05, 0) is 19.3 Å². The van der Waals surface area contributed by atoms with Crippen molar-refractivity contribution in [2.75, 3.05) is 5.32 Å². The molecule has 2 rings (SSSR count).